The molecule has 0 saturated heterocycles. The molecule has 2 heterocycles. The van der Waals surface area contributed by atoms with Gasteiger partial charge >= 0.3 is 0 Å². The zero-order chi connectivity index (χ0) is 24.1. The van der Waals surface area contributed by atoms with E-state index in [0.717, 1.165) is 22.8 Å². The van der Waals surface area contributed by atoms with E-state index < -0.39 is 0 Å². The zero-order valence-electron chi connectivity index (χ0n) is 20.0. The van der Waals surface area contributed by atoms with Crippen molar-refractivity contribution in [3.8, 4) is 22.3 Å². The summed E-state index contributed by atoms with van der Waals surface area (Å²) in [4.78, 5) is 11.5. The predicted octanol–water partition coefficient (Wildman–Crippen LogP) is 8.59. The number of hydrogen-bond acceptors (Lipinski definition) is 3. The van der Waals surface area contributed by atoms with Crippen LogP contribution in [0.1, 0.15) is 18.4 Å². The van der Waals surface area contributed by atoms with Crippen molar-refractivity contribution in [2.75, 3.05) is 4.90 Å². The molecule has 2 unspecified atom stereocenters. The van der Waals surface area contributed by atoms with E-state index in [-0.39, 0.29) is 0 Å². The van der Waals surface area contributed by atoms with Crippen molar-refractivity contribution in [2.24, 2.45) is 5.92 Å². The standard InChI is InChI=1S/C33H25N3/c1-22-8-5-6-12-28(22)26-18-25-11-7-13-31-32(25)29(19-26)30-20-34-21-35-33(30)36(31)27-16-14-24(15-17-27)23-9-3-2-4-10-23/h2-22,28H,1H3. The second-order valence-electron chi connectivity index (χ2n) is 9.61. The number of anilines is 3. The molecule has 0 fully saturated rings. The van der Waals surface area contributed by atoms with Crippen molar-refractivity contribution in [2.45, 2.75) is 12.8 Å². The number of nitrogens with zero attached hydrogens (tertiary/aromatic N) is 3. The van der Waals surface area contributed by atoms with Gasteiger partial charge in [-0.1, -0.05) is 91.9 Å². The maximum absolute atomic E-state index is 4.79. The molecule has 172 valence electrons. The van der Waals surface area contributed by atoms with Crippen molar-refractivity contribution in [3.63, 3.8) is 0 Å². The zero-order valence-corrected chi connectivity index (χ0v) is 20.0. The van der Waals surface area contributed by atoms with E-state index in [9.17, 15) is 0 Å². The number of rotatable bonds is 3. The Bertz CT molecular complexity index is 1650. The lowest BCUT2D eigenvalue weighted by molar-refractivity contribution is 0.636. The van der Waals surface area contributed by atoms with Gasteiger partial charge in [-0.3, -0.25) is 4.90 Å². The number of fused-ring (bicyclic) bond motifs is 2. The Kier molecular flexibility index (Phi) is 4.81. The molecule has 1 aromatic heterocycles. The Morgan fingerprint density at radius 3 is 2.39 bits per heavy atom. The normalized spacial score (nSPS) is 17.9. The summed E-state index contributed by atoms with van der Waals surface area (Å²) in [5.74, 6) is 1.73. The first kappa shape index (κ1) is 20.8. The van der Waals surface area contributed by atoms with Crippen LogP contribution in [0, 0.1) is 5.92 Å². The van der Waals surface area contributed by atoms with E-state index in [1.165, 1.54) is 33.0 Å². The summed E-state index contributed by atoms with van der Waals surface area (Å²) in [6, 6.07) is 30.5. The van der Waals surface area contributed by atoms with Gasteiger partial charge in [-0.25, -0.2) is 9.97 Å². The average Bonchev–Trinajstić information content (AvgIpc) is 2.94. The molecular weight excluding hydrogens is 438 g/mol. The van der Waals surface area contributed by atoms with E-state index in [0.29, 0.717) is 11.8 Å². The van der Waals surface area contributed by atoms with E-state index in [1.54, 1.807) is 6.33 Å². The van der Waals surface area contributed by atoms with Crippen molar-refractivity contribution in [3.05, 3.63) is 127 Å². The third-order valence-corrected chi connectivity index (χ3v) is 7.44. The smallest absolute Gasteiger partial charge is 0.148 e. The highest BCUT2D eigenvalue weighted by Gasteiger charge is 2.29. The molecule has 0 saturated carbocycles. The quantitative estimate of drug-likeness (QED) is 0.263. The molecule has 0 spiro atoms. The van der Waals surface area contributed by atoms with Crippen molar-refractivity contribution in [1.29, 1.82) is 0 Å². The van der Waals surface area contributed by atoms with Crippen LogP contribution >= 0.6 is 0 Å². The predicted molar refractivity (Wildman–Crippen MR) is 149 cm³/mol. The van der Waals surface area contributed by atoms with E-state index in [1.807, 2.05) is 12.3 Å². The molecule has 1 aliphatic carbocycles. The molecule has 2 aliphatic rings. The Hall–Kier alpha value is -4.50. The van der Waals surface area contributed by atoms with Gasteiger partial charge in [-0.2, -0.15) is 0 Å². The lowest BCUT2D eigenvalue weighted by atomic mass is 9.81. The van der Waals surface area contributed by atoms with Gasteiger partial charge in [-0.05, 0) is 57.8 Å². The molecule has 3 nitrogen and oxygen atoms in total. The highest BCUT2D eigenvalue weighted by molar-refractivity contribution is 6.13. The van der Waals surface area contributed by atoms with Gasteiger partial charge in [-0.15, -0.1) is 0 Å². The fraction of sp³-hybridized carbons (Fsp3) is 0.0909. The van der Waals surface area contributed by atoms with Crippen LogP contribution in [0.2, 0.25) is 0 Å². The Balaban J connectivity index is 1.41. The molecule has 2 atom stereocenters. The Morgan fingerprint density at radius 2 is 1.56 bits per heavy atom. The molecule has 0 radical (unpaired) electrons. The molecule has 3 heteroatoms. The minimum absolute atomic E-state index is 0.357. The first-order valence-corrected chi connectivity index (χ1v) is 12.5. The number of allylic oxidation sites excluding steroid dienone is 4. The number of hydrogen-bond donors (Lipinski definition) is 0. The lowest BCUT2D eigenvalue weighted by Gasteiger charge is -2.33. The largest absolute Gasteiger partial charge is 0.294 e. The highest BCUT2D eigenvalue weighted by atomic mass is 15.2. The maximum Gasteiger partial charge on any atom is 0.148 e. The highest BCUT2D eigenvalue weighted by Crippen LogP contribution is 2.50. The van der Waals surface area contributed by atoms with Crippen LogP contribution in [-0.4, -0.2) is 9.97 Å². The number of aromatic nitrogens is 2. The van der Waals surface area contributed by atoms with E-state index in [4.69, 9.17) is 4.98 Å². The molecule has 36 heavy (non-hydrogen) atoms. The van der Waals surface area contributed by atoms with Gasteiger partial charge in [0.05, 0.1) is 5.69 Å². The van der Waals surface area contributed by atoms with Gasteiger partial charge in [0.2, 0.25) is 0 Å². The number of benzene rings is 4. The summed E-state index contributed by atoms with van der Waals surface area (Å²) in [7, 11) is 0. The monoisotopic (exact) mass is 463 g/mol. The third kappa shape index (κ3) is 3.28. The first-order chi connectivity index (χ1) is 17.8. The van der Waals surface area contributed by atoms with Crippen LogP contribution in [0.15, 0.2) is 122 Å². The molecule has 1 aliphatic heterocycles. The second-order valence-corrected chi connectivity index (χ2v) is 9.61. The maximum atomic E-state index is 4.79. The second kappa shape index (κ2) is 8.31. The summed E-state index contributed by atoms with van der Waals surface area (Å²) in [5.41, 5.74) is 8.26. The van der Waals surface area contributed by atoms with Gasteiger partial charge in [0.25, 0.3) is 0 Å². The fourth-order valence-electron chi connectivity index (χ4n) is 5.66. The van der Waals surface area contributed by atoms with Gasteiger partial charge in [0, 0.05) is 28.8 Å². The molecule has 0 bridgehead atoms. The van der Waals surface area contributed by atoms with Crippen molar-refractivity contribution in [1.82, 2.24) is 9.97 Å². The summed E-state index contributed by atoms with van der Waals surface area (Å²) >= 11 is 0. The molecule has 5 aromatic rings. The van der Waals surface area contributed by atoms with Gasteiger partial charge in [0.1, 0.15) is 12.1 Å². The van der Waals surface area contributed by atoms with Crippen LogP contribution in [-0.2, 0) is 0 Å². The third-order valence-electron chi connectivity index (χ3n) is 7.44. The lowest BCUT2D eigenvalue weighted by Crippen LogP contribution is -2.17. The molecule has 7 rings (SSSR count). The van der Waals surface area contributed by atoms with Crippen molar-refractivity contribution < 1.29 is 0 Å². The van der Waals surface area contributed by atoms with E-state index >= 15 is 0 Å². The van der Waals surface area contributed by atoms with Crippen LogP contribution < -0.4 is 4.90 Å². The van der Waals surface area contributed by atoms with Gasteiger partial charge < -0.3 is 0 Å². The molecule has 0 N–H and O–H groups in total. The van der Waals surface area contributed by atoms with Crippen LogP contribution in [0.4, 0.5) is 17.2 Å². The van der Waals surface area contributed by atoms with Crippen LogP contribution in [0.5, 0.6) is 0 Å². The molecule has 0 amide bonds. The topological polar surface area (TPSA) is 29.0 Å². The minimum atomic E-state index is 0.357. The summed E-state index contributed by atoms with van der Waals surface area (Å²) in [5, 5.41) is 2.49. The molecular formula is C33H25N3. The Morgan fingerprint density at radius 1 is 0.750 bits per heavy atom. The SMILES string of the molecule is CC1C=CC=CC1c1cc2c3c(cccc3c1)N(c1ccc(-c3ccccc3)cc1)c1ncncc1-2. The molecule has 4 aromatic carbocycles. The summed E-state index contributed by atoms with van der Waals surface area (Å²) in [6.45, 7) is 2.29. The summed E-state index contributed by atoms with van der Waals surface area (Å²) < 4.78 is 0. The van der Waals surface area contributed by atoms with Crippen molar-refractivity contribution >= 4 is 28.0 Å². The first-order valence-electron chi connectivity index (χ1n) is 12.5. The average molecular weight is 464 g/mol. The van der Waals surface area contributed by atoms with E-state index in [2.05, 4.69) is 120 Å². The Labute approximate surface area is 211 Å². The summed E-state index contributed by atoms with van der Waals surface area (Å²) in [6.07, 6.45) is 12.5. The fourth-order valence-corrected chi connectivity index (χ4v) is 5.66. The minimum Gasteiger partial charge on any atom is -0.294 e. The van der Waals surface area contributed by atoms with Gasteiger partial charge in [0.15, 0.2) is 0 Å². The van der Waals surface area contributed by atoms with Crippen LogP contribution in [0.25, 0.3) is 33.0 Å². The van der Waals surface area contributed by atoms with Crippen LogP contribution in [0.3, 0.4) is 0 Å².